The molecule has 0 aliphatic carbocycles. The van der Waals surface area contributed by atoms with Gasteiger partial charge in [0.25, 0.3) is 0 Å². The van der Waals surface area contributed by atoms with Crippen molar-refractivity contribution in [2.24, 2.45) is 0 Å². The van der Waals surface area contributed by atoms with Crippen LogP contribution in [0, 0.1) is 0 Å². The summed E-state index contributed by atoms with van der Waals surface area (Å²) >= 11 is 0. The summed E-state index contributed by atoms with van der Waals surface area (Å²) in [6.45, 7) is 2.53. The number of hydrogen-bond acceptors (Lipinski definition) is 4. The average molecular weight is 204 g/mol. The lowest BCUT2D eigenvalue weighted by molar-refractivity contribution is -0.0722. The van der Waals surface area contributed by atoms with E-state index in [4.69, 9.17) is 14.2 Å². The molecule has 1 N–H and O–H groups in total. The fraction of sp³-hybridized carbons (Fsp3) is 1.00. The van der Waals surface area contributed by atoms with Crippen LogP contribution >= 0.6 is 0 Å². The zero-order chi connectivity index (χ0) is 10.6. The van der Waals surface area contributed by atoms with Gasteiger partial charge in [-0.3, -0.25) is 0 Å². The van der Waals surface area contributed by atoms with Gasteiger partial charge in [0.05, 0.1) is 12.7 Å². The average Bonchev–Trinajstić information content (AvgIpc) is 2.56. The van der Waals surface area contributed by atoms with Gasteiger partial charge in [0, 0.05) is 14.2 Å². The first-order valence-corrected chi connectivity index (χ1v) is 5.09. The van der Waals surface area contributed by atoms with Crippen LogP contribution in [-0.2, 0) is 14.2 Å². The Kier molecular flexibility index (Phi) is 4.81. The molecule has 4 heteroatoms. The molecule has 0 bridgehead atoms. The standard InChI is InChI=1S/C10H20O4/c1-4-5-7(12-2)10-9(11)8(13-3)6-14-10/h7-11H,4-6H2,1-3H3/t7-,8+,9-,10-/m1/s1. The summed E-state index contributed by atoms with van der Waals surface area (Å²) in [4.78, 5) is 0. The summed E-state index contributed by atoms with van der Waals surface area (Å²) in [5, 5.41) is 9.85. The van der Waals surface area contributed by atoms with Gasteiger partial charge >= 0.3 is 0 Å². The Bertz CT molecular complexity index is 162. The van der Waals surface area contributed by atoms with Crippen LogP contribution in [0.15, 0.2) is 0 Å². The smallest absolute Gasteiger partial charge is 0.112 e. The normalized spacial score (nSPS) is 34.7. The predicted octanol–water partition coefficient (Wildman–Crippen LogP) is 0.576. The molecule has 0 aromatic carbocycles. The number of aliphatic hydroxyl groups is 1. The van der Waals surface area contributed by atoms with Crippen molar-refractivity contribution in [1.82, 2.24) is 0 Å². The second kappa shape index (κ2) is 5.66. The molecule has 4 nitrogen and oxygen atoms in total. The van der Waals surface area contributed by atoms with Crippen molar-refractivity contribution in [3.63, 3.8) is 0 Å². The Morgan fingerprint density at radius 3 is 2.64 bits per heavy atom. The fourth-order valence-corrected chi connectivity index (χ4v) is 1.85. The highest BCUT2D eigenvalue weighted by molar-refractivity contribution is 4.89. The molecule has 0 spiro atoms. The highest BCUT2D eigenvalue weighted by Gasteiger charge is 2.40. The third-order valence-corrected chi connectivity index (χ3v) is 2.72. The monoisotopic (exact) mass is 204 g/mol. The van der Waals surface area contributed by atoms with Gasteiger partial charge in [-0.2, -0.15) is 0 Å². The second-order valence-electron chi connectivity index (χ2n) is 3.63. The van der Waals surface area contributed by atoms with Gasteiger partial charge in [0.1, 0.15) is 18.3 Å². The van der Waals surface area contributed by atoms with E-state index in [1.807, 2.05) is 0 Å². The van der Waals surface area contributed by atoms with Crippen LogP contribution in [0.25, 0.3) is 0 Å². The molecule has 1 saturated heterocycles. The van der Waals surface area contributed by atoms with Crippen LogP contribution in [-0.4, -0.2) is 50.3 Å². The molecule has 1 heterocycles. The molecular weight excluding hydrogens is 184 g/mol. The summed E-state index contributed by atoms with van der Waals surface area (Å²) in [5.41, 5.74) is 0. The van der Waals surface area contributed by atoms with Crippen LogP contribution in [0.4, 0.5) is 0 Å². The van der Waals surface area contributed by atoms with E-state index in [0.717, 1.165) is 12.8 Å². The summed E-state index contributed by atoms with van der Waals surface area (Å²) in [5.74, 6) is 0. The lowest BCUT2D eigenvalue weighted by atomic mass is 10.0. The van der Waals surface area contributed by atoms with Gasteiger partial charge in [-0.15, -0.1) is 0 Å². The van der Waals surface area contributed by atoms with Crippen molar-refractivity contribution in [2.75, 3.05) is 20.8 Å². The zero-order valence-electron chi connectivity index (χ0n) is 9.10. The van der Waals surface area contributed by atoms with Crippen LogP contribution in [0.3, 0.4) is 0 Å². The molecule has 4 atom stereocenters. The van der Waals surface area contributed by atoms with Crippen molar-refractivity contribution in [3.8, 4) is 0 Å². The largest absolute Gasteiger partial charge is 0.387 e. The first-order chi connectivity index (χ1) is 6.74. The van der Waals surface area contributed by atoms with E-state index in [9.17, 15) is 5.11 Å². The zero-order valence-corrected chi connectivity index (χ0v) is 9.10. The summed E-state index contributed by atoms with van der Waals surface area (Å²) in [6, 6.07) is 0. The molecule has 0 aromatic heterocycles. The van der Waals surface area contributed by atoms with Crippen molar-refractivity contribution in [3.05, 3.63) is 0 Å². The summed E-state index contributed by atoms with van der Waals surface area (Å²) in [7, 11) is 3.23. The molecule has 1 rings (SSSR count). The van der Waals surface area contributed by atoms with Gasteiger partial charge in [-0.25, -0.2) is 0 Å². The van der Waals surface area contributed by atoms with Gasteiger partial charge in [0.2, 0.25) is 0 Å². The van der Waals surface area contributed by atoms with Crippen LogP contribution < -0.4 is 0 Å². The van der Waals surface area contributed by atoms with E-state index in [-0.39, 0.29) is 18.3 Å². The maximum Gasteiger partial charge on any atom is 0.112 e. The second-order valence-corrected chi connectivity index (χ2v) is 3.63. The summed E-state index contributed by atoms with van der Waals surface area (Å²) < 4.78 is 15.9. The number of ether oxygens (including phenoxy) is 3. The van der Waals surface area contributed by atoms with Gasteiger partial charge < -0.3 is 19.3 Å². The highest BCUT2D eigenvalue weighted by atomic mass is 16.6. The number of aliphatic hydroxyl groups excluding tert-OH is 1. The van der Waals surface area contributed by atoms with Gasteiger partial charge in [-0.1, -0.05) is 13.3 Å². The lowest BCUT2D eigenvalue weighted by Gasteiger charge is -2.24. The SMILES string of the molecule is CCC[C@@H](OC)[C@H]1OC[C@H](OC)[C@H]1O. The molecule has 0 amide bonds. The molecule has 84 valence electrons. The third-order valence-electron chi connectivity index (χ3n) is 2.72. The molecule has 1 fully saturated rings. The Labute approximate surface area is 85.2 Å². The maximum atomic E-state index is 9.85. The summed E-state index contributed by atoms with van der Waals surface area (Å²) in [6.07, 6.45) is 0.850. The quantitative estimate of drug-likeness (QED) is 0.711. The minimum atomic E-state index is -0.573. The van der Waals surface area contributed by atoms with Crippen LogP contribution in [0.1, 0.15) is 19.8 Å². The molecule has 0 aromatic rings. The fourth-order valence-electron chi connectivity index (χ4n) is 1.85. The first kappa shape index (κ1) is 11.9. The highest BCUT2D eigenvalue weighted by Crippen LogP contribution is 2.23. The van der Waals surface area contributed by atoms with E-state index in [1.54, 1.807) is 14.2 Å². The van der Waals surface area contributed by atoms with E-state index >= 15 is 0 Å². The Hall–Kier alpha value is -0.160. The van der Waals surface area contributed by atoms with E-state index in [0.29, 0.717) is 6.61 Å². The van der Waals surface area contributed by atoms with Crippen LogP contribution in [0.5, 0.6) is 0 Å². The van der Waals surface area contributed by atoms with Crippen molar-refractivity contribution in [2.45, 2.75) is 44.2 Å². The molecule has 1 aliphatic heterocycles. The van der Waals surface area contributed by atoms with Gasteiger partial charge in [-0.05, 0) is 6.42 Å². The van der Waals surface area contributed by atoms with Crippen molar-refractivity contribution >= 4 is 0 Å². The van der Waals surface area contributed by atoms with E-state index in [2.05, 4.69) is 6.92 Å². The van der Waals surface area contributed by atoms with Crippen molar-refractivity contribution < 1.29 is 19.3 Å². The number of hydrogen-bond donors (Lipinski definition) is 1. The molecular formula is C10H20O4. The minimum Gasteiger partial charge on any atom is -0.387 e. The molecule has 1 aliphatic rings. The minimum absolute atomic E-state index is 0.0323. The maximum absolute atomic E-state index is 9.85. The van der Waals surface area contributed by atoms with Crippen LogP contribution in [0.2, 0.25) is 0 Å². The van der Waals surface area contributed by atoms with Gasteiger partial charge in [0.15, 0.2) is 0 Å². The first-order valence-electron chi connectivity index (χ1n) is 5.09. The third kappa shape index (κ3) is 2.45. The molecule has 0 saturated carbocycles. The van der Waals surface area contributed by atoms with Crippen molar-refractivity contribution in [1.29, 1.82) is 0 Å². The molecule has 14 heavy (non-hydrogen) atoms. The van der Waals surface area contributed by atoms with E-state index < -0.39 is 6.10 Å². The Balaban J connectivity index is 2.51. The molecule has 0 radical (unpaired) electrons. The number of rotatable bonds is 5. The Morgan fingerprint density at radius 1 is 1.50 bits per heavy atom. The molecule has 0 unspecified atom stereocenters. The predicted molar refractivity (Wildman–Crippen MR) is 52.2 cm³/mol. The van der Waals surface area contributed by atoms with E-state index in [1.165, 1.54) is 0 Å². The topological polar surface area (TPSA) is 47.9 Å². The number of methoxy groups -OCH3 is 2. The lowest BCUT2D eigenvalue weighted by Crippen LogP contribution is -2.40. The Morgan fingerprint density at radius 2 is 2.21 bits per heavy atom.